The number of carbonyl (C=O) groups excluding carboxylic acids is 1. The van der Waals surface area contributed by atoms with Crippen molar-refractivity contribution in [3.63, 3.8) is 0 Å². The monoisotopic (exact) mass is 275 g/mol. The number of hydrogen-bond acceptors (Lipinski definition) is 5. The quantitative estimate of drug-likeness (QED) is 0.821. The van der Waals surface area contributed by atoms with Crippen LogP contribution >= 0.6 is 0 Å². The normalized spacial score (nSPS) is 10.3. The molecule has 0 radical (unpaired) electrons. The summed E-state index contributed by atoms with van der Waals surface area (Å²) >= 11 is 0. The molecule has 0 aromatic carbocycles. The van der Waals surface area contributed by atoms with Gasteiger partial charge in [0.2, 0.25) is 0 Å². The largest absolute Gasteiger partial charge is 0.478 e. The summed E-state index contributed by atoms with van der Waals surface area (Å²) in [6.07, 6.45) is 1.53. The molecule has 0 aliphatic heterocycles. The first-order valence-electron chi connectivity index (χ1n) is 5.81. The Balaban J connectivity index is 2.06. The van der Waals surface area contributed by atoms with Gasteiger partial charge in [0.25, 0.3) is 5.91 Å². The Hall–Kier alpha value is -2.77. The van der Waals surface area contributed by atoms with Crippen LogP contribution in [0.5, 0.6) is 0 Å². The van der Waals surface area contributed by atoms with Gasteiger partial charge in [-0.1, -0.05) is 0 Å². The van der Waals surface area contributed by atoms with Crippen molar-refractivity contribution in [2.45, 2.75) is 13.5 Å². The second kappa shape index (κ2) is 5.47. The molecule has 104 valence electrons. The number of aromatic carboxylic acids is 1. The van der Waals surface area contributed by atoms with Crippen LogP contribution in [0.1, 0.15) is 32.4 Å². The maximum Gasteiger partial charge on any atom is 0.337 e. The van der Waals surface area contributed by atoms with Crippen molar-refractivity contribution < 1.29 is 14.7 Å². The van der Waals surface area contributed by atoms with Crippen molar-refractivity contribution in [3.8, 4) is 0 Å². The molecule has 2 heterocycles. The number of rotatable bonds is 4. The second-order valence-electron chi connectivity index (χ2n) is 4.15. The van der Waals surface area contributed by atoms with E-state index in [4.69, 9.17) is 5.11 Å². The molecule has 0 saturated carbocycles. The SMILES string of the molecule is Cc1nc(C(=O)NCc2ncn(C)n2)ccc1C(=O)O. The Morgan fingerprint density at radius 1 is 1.40 bits per heavy atom. The molecule has 2 N–H and O–H groups in total. The predicted molar refractivity (Wildman–Crippen MR) is 68.1 cm³/mol. The Morgan fingerprint density at radius 2 is 2.15 bits per heavy atom. The lowest BCUT2D eigenvalue weighted by atomic mass is 10.2. The van der Waals surface area contributed by atoms with Gasteiger partial charge in [0.1, 0.15) is 12.0 Å². The van der Waals surface area contributed by atoms with Crippen LogP contribution in [0.25, 0.3) is 0 Å². The summed E-state index contributed by atoms with van der Waals surface area (Å²) in [7, 11) is 1.73. The first-order chi connectivity index (χ1) is 9.47. The molecule has 20 heavy (non-hydrogen) atoms. The van der Waals surface area contributed by atoms with Gasteiger partial charge >= 0.3 is 5.97 Å². The van der Waals surface area contributed by atoms with Crippen LogP contribution in [-0.4, -0.2) is 36.7 Å². The number of nitrogens with zero attached hydrogens (tertiary/aromatic N) is 4. The molecule has 0 unspecified atom stereocenters. The molecule has 2 rings (SSSR count). The lowest BCUT2D eigenvalue weighted by Gasteiger charge is -2.05. The molecule has 0 spiro atoms. The summed E-state index contributed by atoms with van der Waals surface area (Å²) in [4.78, 5) is 30.7. The highest BCUT2D eigenvalue weighted by atomic mass is 16.4. The van der Waals surface area contributed by atoms with Crippen LogP contribution in [0.3, 0.4) is 0 Å². The van der Waals surface area contributed by atoms with E-state index in [0.29, 0.717) is 11.5 Å². The van der Waals surface area contributed by atoms with Crippen molar-refractivity contribution in [2.75, 3.05) is 0 Å². The summed E-state index contributed by atoms with van der Waals surface area (Å²) in [6.45, 7) is 1.72. The molecule has 0 fully saturated rings. The Bertz CT molecular complexity index is 665. The Labute approximate surface area is 114 Å². The van der Waals surface area contributed by atoms with Crippen LogP contribution in [0.15, 0.2) is 18.5 Å². The summed E-state index contributed by atoms with van der Waals surface area (Å²) in [5, 5.41) is 15.5. The molecule has 0 aliphatic rings. The van der Waals surface area contributed by atoms with Crippen molar-refractivity contribution in [2.24, 2.45) is 7.05 Å². The number of amides is 1. The fourth-order valence-electron chi connectivity index (χ4n) is 1.63. The summed E-state index contributed by atoms with van der Waals surface area (Å²) in [6, 6.07) is 2.73. The van der Waals surface area contributed by atoms with E-state index in [1.54, 1.807) is 14.0 Å². The lowest BCUT2D eigenvalue weighted by molar-refractivity contribution is 0.0694. The zero-order chi connectivity index (χ0) is 14.7. The molecule has 8 nitrogen and oxygen atoms in total. The minimum atomic E-state index is -1.07. The first kappa shape index (κ1) is 13.7. The fraction of sp³-hybridized carbons (Fsp3) is 0.250. The van der Waals surface area contributed by atoms with Crippen molar-refractivity contribution >= 4 is 11.9 Å². The van der Waals surface area contributed by atoms with E-state index in [-0.39, 0.29) is 17.8 Å². The number of carboxylic acids is 1. The number of hydrogen-bond donors (Lipinski definition) is 2. The van der Waals surface area contributed by atoms with Gasteiger partial charge in [0.05, 0.1) is 17.8 Å². The van der Waals surface area contributed by atoms with Gasteiger partial charge in [0, 0.05) is 7.05 Å². The highest BCUT2D eigenvalue weighted by Crippen LogP contribution is 2.07. The molecule has 0 bridgehead atoms. The number of pyridine rings is 1. The van der Waals surface area contributed by atoms with Crippen LogP contribution in [0.2, 0.25) is 0 Å². The van der Waals surface area contributed by atoms with E-state index in [1.807, 2.05) is 0 Å². The highest BCUT2D eigenvalue weighted by molar-refractivity contribution is 5.94. The van der Waals surface area contributed by atoms with Gasteiger partial charge in [-0.15, -0.1) is 0 Å². The van der Waals surface area contributed by atoms with Gasteiger partial charge in [-0.05, 0) is 19.1 Å². The second-order valence-corrected chi connectivity index (χ2v) is 4.15. The Morgan fingerprint density at radius 3 is 2.70 bits per heavy atom. The van der Waals surface area contributed by atoms with Gasteiger partial charge < -0.3 is 10.4 Å². The molecule has 2 aromatic heterocycles. The molecular weight excluding hydrogens is 262 g/mol. The minimum Gasteiger partial charge on any atom is -0.478 e. The van der Waals surface area contributed by atoms with Crippen LogP contribution < -0.4 is 5.32 Å². The zero-order valence-corrected chi connectivity index (χ0v) is 11.0. The number of aromatic nitrogens is 4. The summed E-state index contributed by atoms with van der Waals surface area (Å²) in [5.74, 6) is -0.989. The predicted octanol–water partition coefficient (Wildman–Crippen LogP) is 0.147. The van der Waals surface area contributed by atoms with Crippen molar-refractivity contribution in [3.05, 3.63) is 41.2 Å². The first-order valence-corrected chi connectivity index (χ1v) is 5.81. The highest BCUT2D eigenvalue weighted by Gasteiger charge is 2.13. The molecule has 8 heteroatoms. The maximum absolute atomic E-state index is 11.9. The van der Waals surface area contributed by atoms with E-state index in [1.165, 1.54) is 23.1 Å². The number of carboxylic acid groups (broad SMARTS) is 1. The number of nitrogens with one attached hydrogen (secondary N) is 1. The van der Waals surface area contributed by atoms with Gasteiger partial charge in [-0.25, -0.2) is 14.8 Å². The zero-order valence-electron chi connectivity index (χ0n) is 11.0. The van der Waals surface area contributed by atoms with Gasteiger partial charge in [0.15, 0.2) is 5.82 Å². The van der Waals surface area contributed by atoms with E-state index < -0.39 is 11.9 Å². The molecule has 0 atom stereocenters. The van der Waals surface area contributed by atoms with Crippen molar-refractivity contribution in [1.82, 2.24) is 25.1 Å². The van der Waals surface area contributed by atoms with E-state index in [2.05, 4.69) is 20.4 Å². The summed E-state index contributed by atoms with van der Waals surface area (Å²) < 4.78 is 1.53. The number of carbonyl (C=O) groups is 2. The maximum atomic E-state index is 11.9. The van der Waals surface area contributed by atoms with Gasteiger partial charge in [-0.2, -0.15) is 5.10 Å². The Kier molecular flexibility index (Phi) is 3.74. The lowest BCUT2D eigenvalue weighted by Crippen LogP contribution is -2.25. The third-order valence-corrected chi connectivity index (χ3v) is 2.60. The molecular formula is C12H13N5O3. The van der Waals surface area contributed by atoms with E-state index >= 15 is 0 Å². The molecule has 2 aromatic rings. The molecule has 1 amide bonds. The summed E-state index contributed by atoms with van der Waals surface area (Å²) in [5.41, 5.74) is 0.525. The topological polar surface area (TPSA) is 110 Å². The molecule has 0 saturated heterocycles. The van der Waals surface area contributed by atoms with E-state index in [9.17, 15) is 9.59 Å². The fourth-order valence-corrected chi connectivity index (χ4v) is 1.63. The minimum absolute atomic E-state index is 0.0768. The van der Waals surface area contributed by atoms with Crippen molar-refractivity contribution in [1.29, 1.82) is 0 Å². The van der Waals surface area contributed by atoms with Crippen LogP contribution in [0.4, 0.5) is 0 Å². The number of aryl methyl sites for hydroxylation is 2. The van der Waals surface area contributed by atoms with E-state index in [0.717, 1.165) is 0 Å². The third-order valence-electron chi connectivity index (χ3n) is 2.60. The van der Waals surface area contributed by atoms with Crippen LogP contribution in [-0.2, 0) is 13.6 Å². The van der Waals surface area contributed by atoms with Gasteiger partial charge in [-0.3, -0.25) is 9.48 Å². The smallest absolute Gasteiger partial charge is 0.337 e. The average molecular weight is 275 g/mol. The van der Waals surface area contributed by atoms with Crippen LogP contribution in [0, 0.1) is 6.92 Å². The average Bonchev–Trinajstić information content (AvgIpc) is 2.81. The standard InChI is InChI=1S/C12H13N5O3/c1-7-8(12(19)20)3-4-9(15-7)11(18)13-5-10-14-6-17(2)16-10/h3-4,6H,5H2,1-2H3,(H,13,18)(H,19,20). The third kappa shape index (κ3) is 2.97. The molecule has 0 aliphatic carbocycles.